The van der Waals surface area contributed by atoms with Crippen molar-refractivity contribution in [2.45, 2.75) is 6.42 Å². The van der Waals surface area contributed by atoms with Crippen molar-refractivity contribution in [2.24, 2.45) is 4.99 Å². The van der Waals surface area contributed by atoms with Crippen LogP contribution < -0.4 is 5.32 Å². The fourth-order valence-corrected chi connectivity index (χ4v) is 3.17. The maximum atomic E-state index is 12.5. The van der Waals surface area contributed by atoms with Crippen LogP contribution in [0.3, 0.4) is 0 Å². The quantitative estimate of drug-likeness (QED) is 0.706. The Balaban J connectivity index is 1.82. The molecule has 0 radical (unpaired) electrons. The number of para-hydroxylation sites is 2. The smallest absolute Gasteiger partial charge is 0.331 e. The fourth-order valence-electron chi connectivity index (χ4n) is 2.29. The molecule has 0 spiro atoms. The molecule has 0 atom stereocenters. The number of benzene rings is 1. The van der Waals surface area contributed by atoms with Gasteiger partial charge in [0.25, 0.3) is 5.91 Å². The van der Waals surface area contributed by atoms with Gasteiger partial charge in [-0.25, -0.2) is 14.7 Å². The fraction of sp³-hybridized carbons (Fsp3) is 0.200. The summed E-state index contributed by atoms with van der Waals surface area (Å²) < 4.78 is 0. The van der Waals surface area contributed by atoms with Crippen LogP contribution >= 0.6 is 11.8 Å². The topological polar surface area (TPSA) is 136 Å². The van der Waals surface area contributed by atoms with Crippen LogP contribution in [0.25, 0.3) is 0 Å². The molecule has 1 aromatic carbocycles. The highest BCUT2D eigenvalue weighted by atomic mass is 32.2. The molecule has 2 N–H and O–H groups in total. The number of carbonyl (C=O) groups excluding carboxylic acids is 5. The highest BCUT2D eigenvalue weighted by Gasteiger charge is 2.38. The third-order valence-electron chi connectivity index (χ3n) is 3.51. The molecule has 134 valence electrons. The molecule has 0 aromatic heterocycles. The second-order valence-electron chi connectivity index (χ2n) is 5.30. The molecule has 0 unspecified atom stereocenters. The van der Waals surface area contributed by atoms with E-state index in [1.807, 2.05) is 5.32 Å². The van der Waals surface area contributed by atoms with Gasteiger partial charge in [-0.3, -0.25) is 29.4 Å². The molecule has 1 aromatic rings. The van der Waals surface area contributed by atoms with E-state index in [-0.39, 0.29) is 22.4 Å². The molecule has 0 saturated carbocycles. The lowest BCUT2D eigenvalue weighted by Gasteiger charge is -2.25. The van der Waals surface area contributed by atoms with Gasteiger partial charge in [-0.2, -0.15) is 0 Å². The number of imide groups is 3. The average molecular weight is 376 g/mol. The second-order valence-corrected chi connectivity index (χ2v) is 6.25. The van der Waals surface area contributed by atoms with Crippen LogP contribution in [0, 0.1) is 0 Å². The second kappa shape index (κ2) is 6.96. The van der Waals surface area contributed by atoms with E-state index in [0.29, 0.717) is 4.90 Å². The van der Waals surface area contributed by atoms with E-state index < -0.39 is 42.6 Å². The number of aliphatic imine (C=N–C) groups is 1. The number of urea groups is 1. The van der Waals surface area contributed by atoms with E-state index in [2.05, 4.69) is 4.99 Å². The number of amides is 6. The van der Waals surface area contributed by atoms with Gasteiger partial charge in [0.2, 0.25) is 17.7 Å². The van der Waals surface area contributed by atoms with Crippen LogP contribution in [0.15, 0.2) is 29.3 Å². The number of phenolic OH excluding ortho intramolecular Hbond substituents is 1. The maximum absolute atomic E-state index is 12.5. The first kappa shape index (κ1) is 17.6. The third-order valence-corrected chi connectivity index (χ3v) is 4.43. The van der Waals surface area contributed by atoms with E-state index >= 15 is 0 Å². The van der Waals surface area contributed by atoms with Gasteiger partial charge in [0.15, 0.2) is 5.17 Å². The Morgan fingerprint density at radius 2 is 1.92 bits per heavy atom. The van der Waals surface area contributed by atoms with Gasteiger partial charge < -0.3 is 5.11 Å². The molecule has 11 heteroatoms. The molecule has 0 aliphatic carbocycles. The number of amidine groups is 1. The van der Waals surface area contributed by atoms with Crippen molar-refractivity contribution >= 4 is 52.3 Å². The van der Waals surface area contributed by atoms with Gasteiger partial charge in [0.1, 0.15) is 24.4 Å². The molecule has 6 amide bonds. The molecule has 2 fully saturated rings. The number of aromatic hydroxyl groups is 1. The van der Waals surface area contributed by atoms with E-state index in [9.17, 15) is 29.1 Å². The number of hydrogen-bond donors (Lipinski definition) is 2. The molecule has 3 rings (SSSR count). The normalized spacial score (nSPS) is 19.3. The van der Waals surface area contributed by atoms with Crippen LogP contribution in [0.4, 0.5) is 10.5 Å². The van der Waals surface area contributed by atoms with Gasteiger partial charge in [0, 0.05) is 0 Å². The Morgan fingerprint density at radius 3 is 2.62 bits per heavy atom. The minimum atomic E-state index is -1.02. The maximum Gasteiger partial charge on any atom is 0.331 e. The molecule has 2 aliphatic heterocycles. The predicted molar refractivity (Wildman–Crippen MR) is 89.4 cm³/mol. The monoisotopic (exact) mass is 376 g/mol. The first-order chi connectivity index (χ1) is 12.4. The highest BCUT2D eigenvalue weighted by Crippen LogP contribution is 2.29. The minimum absolute atomic E-state index is 0.0300. The zero-order valence-electron chi connectivity index (χ0n) is 13.2. The van der Waals surface area contributed by atoms with Crippen molar-refractivity contribution in [3.8, 4) is 5.75 Å². The van der Waals surface area contributed by atoms with Crippen LogP contribution in [-0.4, -0.2) is 62.0 Å². The molecule has 2 saturated heterocycles. The number of rotatable bonds is 3. The molecule has 0 bridgehead atoms. The summed E-state index contributed by atoms with van der Waals surface area (Å²) in [5.41, 5.74) is 0.167. The van der Waals surface area contributed by atoms with Crippen molar-refractivity contribution in [2.75, 3.05) is 12.3 Å². The average Bonchev–Trinajstić information content (AvgIpc) is 2.93. The summed E-state index contributed by atoms with van der Waals surface area (Å²) in [6.07, 6.45) is -0.555. The standard InChI is InChI=1S/C15H12N4O6S/c20-9-4-2-1-3-8(9)16-15-19(13(24)7-26-15)12(23)6-18-11(22)5-10(21)17-14(18)25/h1-4,20H,5-7H2,(H,17,21,25). The van der Waals surface area contributed by atoms with E-state index in [0.717, 1.165) is 16.7 Å². The number of carbonyl (C=O) groups is 5. The molecular formula is C15H12N4O6S. The first-order valence-corrected chi connectivity index (χ1v) is 8.35. The molecule has 2 heterocycles. The summed E-state index contributed by atoms with van der Waals surface area (Å²) in [5, 5.41) is 11.7. The van der Waals surface area contributed by atoms with Crippen molar-refractivity contribution in [3.63, 3.8) is 0 Å². The number of nitrogens with zero attached hydrogens (tertiary/aromatic N) is 3. The zero-order chi connectivity index (χ0) is 18.8. The van der Waals surface area contributed by atoms with Crippen molar-refractivity contribution in [3.05, 3.63) is 24.3 Å². The summed E-state index contributed by atoms with van der Waals surface area (Å²) >= 11 is 0.991. The van der Waals surface area contributed by atoms with Crippen molar-refractivity contribution in [1.29, 1.82) is 0 Å². The molecule has 26 heavy (non-hydrogen) atoms. The van der Waals surface area contributed by atoms with Crippen LogP contribution in [0.2, 0.25) is 0 Å². The van der Waals surface area contributed by atoms with E-state index in [4.69, 9.17) is 0 Å². The lowest BCUT2D eigenvalue weighted by atomic mass is 10.3. The summed E-state index contributed by atoms with van der Waals surface area (Å²) in [6.45, 7) is -0.704. The van der Waals surface area contributed by atoms with Crippen LogP contribution in [-0.2, 0) is 19.2 Å². The van der Waals surface area contributed by atoms with Gasteiger partial charge in [0.05, 0.1) is 5.75 Å². The predicted octanol–water partition coefficient (Wildman–Crippen LogP) is -0.0498. The number of phenols is 1. The van der Waals surface area contributed by atoms with E-state index in [1.54, 1.807) is 12.1 Å². The summed E-state index contributed by atoms with van der Waals surface area (Å²) in [4.78, 5) is 64.6. The number of nitrogens with one attached hydrogen (secondary N) is 1. The van der Waals surface area contributed by atoms with Gasteiger partial charge >= 0.3 is 6.03 Å². The summed E-state index contributed by atoms with van der Waals surface area (Å²) in [6, 6.07) is 5.11. The zero-order valence-corrected chi connectivity index (χ0v) is 14.0. The van der Waals surface area contributed by atoms with Crippen molar-refractivity contribution < 1.29 is 29.1 Å². The first-order valence-electron chi connectivity index (χ1n) is 7.36. The Bertz CT molecular complexity index is 847. The number of hydrogen-bond acceptors (Lipinski definition) is 8. The van der Waals surface area contributed by atoms with Gasteiger partial charge in [-0.1, -0.05) is 23.9 Å². The Labute approximate surface area is 150 Å². The Kier molecular flexibility index (Phi) is 4.71. The largest absolute Gasteiger partial charge is 0.506 e. The van der Waals surface area contributed by atoms with Crippen molar-refractivity contribution in [1.82, 2.24) is 15.1 Å². The molecule has 2 aliphatic rings. The lowest BCUT2D eigenvalue weighted by Crippen LogP contribution is -2.56. The van der Waals surface area contributed by atoms with Gasteiger partial charge in [-0.15, -0.1) is 0 Å². The lowest BCUT2D eigenvalue weighted by molar-refractivity contribution is -0.144. The molecule has 10 nitrogen and oxygen atoms in total. The third kappa shape index (κ3) is 3.42. The Morgan fingerprint density at radius 1 is 1.19 bits per heavy atom. The molecular weight excluding hydrogens is 364 g/mol. The number of barbiturate groups is 1. The number of thioether (sulfide) groups is 1. The van der Waals surface area contributed by atoms with E-state index in [1.165, 1.54) is 12.1 Å². The minimum Gasteiger partial charge on any atom is -0.506 e. The summed E-state index contributed by atoms with van der Waals surface area (Å²) in [7, 11) is 0. The van der Waals surface area contributed by atoms with Crippen LogP contribution in [0.5, 0.6) is 5.75 Å². The highest BCUT2D eigenvalue weighted by molar-refractivity contribution is 8.15. The SMILES string of the molecule is O=C1CC(=O)N(CC(=O)N2C(=O)CSC2=Nc2ccccc2O)C(=O)N1. The summed E-state index contributed by atoms with van der Waals surface area (Å²) in [5.74, 6) is -3.15. The van der Waals surface area contributed by atoms with Crippen LogP contribution in [0.1, 0.15) is 6.42 Å². The Hall–Kier alpha value is -3.21. The van der Waals surface area contributed by atoms with Gasteiger partial charge in [-0.05, 0) is 12.1 Å².